The maximum absolute atomic E-state index is 11.9. The van der Waals surface area contributed by atoms with Crippen molar-refractivity contribution in [2.45, 2.75) is 97.8 Å². The van der Waals surface area contributed by atoms with E-state index < -0.39 is 28.7 Å². The maximum Gasteiger partial charge on any atom is 0.252 e. The van der Waals surface area contributed by atoms with Crippen molar-refractivity contribution in [1.29, 1.82) is 0 Å². The van der Waals surface area contributed by atoms with Gasteiger partial charge in [-0.2, -0.15) is 0 Å². The van der Waals surface area contributed by atoms with Crippen LogP contribution in [0.3, 0.4) is 0 Å². The Balaban J connectivity index is 1.18. The first-order valence-corrected chi connectivity index (χ1v) is 27.0. The molecule has 9 aromatic rings. The average Bonchev–Trinajstić information content (AvgIpc) is 3.14. The van der Waals surface area contributed by atoms with Gasteiger partial charge >= 0.3 is 0 Å². The fourth-order valence-electron chi connectivity index (χ4n) is 12.3. The van der Waals surface area contributed by atoms with E-state index in [2.05, 4.69) is 195 Å². The first-order valence-electron chi connectivity index (χ1n) is 27.0. The number of hydrogen-bond donors (Lipinski definition) is 5. The summed E-state index contributed by atoms with van der Waals surface area (Å²) in [5.74, 6) is -4.57. The summed E-state index contributed by atoms with van der Waals surface area (Å²) in [6.45, 7) is 24.7. The van der Waals surface area contributed by atoms with Crippen molar-refractivity contribution in [2.75, 3.05) is 14.7 Å². The van der Waals surface area contributed by atoms with E-state index in [0.717, 1.165) is 61.7 Å². The highest BCUT2D eigenvalue weighted by Gasteiger charge is 2.46. The molecular formula is C69H66BN3O5. The Kier molecular flexibility index (Phi) is 11.3. The smallest absolute Gasteiger partial charge is 0.252 e. The van der Waals surface area contributed by atoms with Crippen molar-refractivity contribution in [2.24, 2.45) is 0 Å². The summed E-state index contributed by atoms with van der Waals surface area (Å²) in [7, 11) is 0. The van der Waals surface area contributed by atoms with Crippen LogP contribution in [-0.4, -0.2) is 32.2 Å². The molecule has 0 amide bonds. The molecule has 0 atom stereocenters. The van der Waals surface area contributed by atoms with Crippen molar-refractivity contribution in [3.63, 3.8) is 0 Å². The van der Waals surface area contributed by atoms with Crippen molar-refractivity contribution >= 4 is 74.3 Å². The molecule has 0 bridgehead atoms. The lowest BCUT2D eigenvalue weighted by Gasteiger charge is -2.45. The van der Waals surface area contributed by atoms with E-state index in [1.807, 2.05) is 60.7 Å². The molecule has 5 N–H and O–H groups in total. The van der Waals surface area contributed by atoms with Crippen molar-refractivity contribution in [1.82, 2.24) is 0 Å². The number of phenolic OH excluding ortho intramolecular Hbond substituents is 5. The van der Waals surface area contributed by atoms with E-state index in [1.54, 1.807) is 4.90 Å². The quantitative estimate of drug-likeness (QED) is 0.0636. The van der Waals surface area contributed by atoms with Crippen LogP contribution in [-0.2, 0) is 21.7 Å². The van der Waals surface area contributed by atoms with Crippen LogP contribution in [0.1, 0.15) is 104 Å². The molecule has 0 saturated carbocycles. The van der Waals surface area contributed by atoms with Gasteiger partial charge in [-0.15, -0.1) is 0 Å². The summed E-state index contributed by atoms with van der Waals surface area (Å²) < 4.78 is 0. The molecule has 0 fully saturated rings. The van der Waals surface area contributed by atoms with E-state index >= 15 is 0 Å². The molecule has 9 heteroatoms. The molecule has 0 unspecified atom stereocenters. The van der Waals surface area contributed by atoms with E-state index in [1.165, 1.54) is 38.8 Å². The molecule has 3 aliphatic rings. The zero-order valence-electron chi connectivity index (χ0n) is 46.3. The lowest BCUT2D eigenvalue weighted by Crippen LogP contribution is -2.61. The third-order valence-electron chi connectivity index (χ3n) is 16.7. The Morgan fingerprint density at radius 1 is 0.397 bits per heavy atom. The second-order valence-corrected chi connectivity index (χ2v) is 25.1. The predicted molar refractivity (Wildman–Crippen MR) is 323 cm³/mol. The number of phenols is 5. The summed E-state index contributed by atoms with van der Waals surface area (Å²) in [5, 5.41) is 56.9. The highest BCUT2D eigenvalue weighted by molar-refractivity contribution is 7.00. The number of rotatable bonds is 6. The van der Waals surface area contributed by atoms with E-state index in [-0.39, 0.29) is 34.1 Å². The Morgan fingerprint density at radius 3 is 1.55 bits per heavy atom. The molecule has 8 nitrogen and oxygen atoms in total. The average molecular weight is 1030 g/mol. The molecule has 0 saturated heterocycles. The third-order valence-corrected chi connectivity index (χ3v) is 16.7. The lowest BCUT2D eigenvalue weighted by atomic mass is 9.33. The summed E-state index contributed by atoms with van der Waals surface area (Å²) >= 11 is 0. The van der Waals surface area contributed by atoms with Crippen LogP contribution < -0.4 is 31.1 Å². The van der Waals surface area contributed by atoms with Crippen LogP contribution in [0.25, 0.3) is 22.3 Å². The zero-order chi connectivity index (χ0) is 55.1. The van der Waals surface area contributed by atoms with Crippen LogP contribution in [0.5, 0.6) is 28.7 Å². The minimum Gasteiger partial charge on any atom is -0.503 e. The van der Waals surface area contributed by atoms with Gasteiger partial charge in [-0.1, -0.05) is 179 Å². The fourth-order valence-corrected chi connectivity index (χ4v) is 12.3. The topological polar surface area (TPSA) is 111 Å². The van der Waals surface area contributed by atoms with Crippen LogP contribution >= 0.6 is 0 Å². The molecule has 2 heterocycles. The Labute approximate surface area is 458 Å². The van der Waals surface area contributed by atoms with Gasteiger partial charge in [0.25, 0.3) is 6.71 Å². The Hall–Kier alpha value is -8.56. The summed E-state index contributed by atoms with van der Waals surface area (Å²) in [5.41, 5.74) is 19.9. The van der Waals surface area contributed by atoms with Gasteiger partial charge in [-0.25, -0.2) is 0 Å². The van der Waals surface area contributed by atoms with Gasteiger partial charge in [0.1, 0.15) is 5.69 Å². The number of anilines is 9. The van der Waals surface area contributed by atoms with Crippen molar-refractivity contribution in [3.8, 4) is 51.0 Å². The molecular weight excluding hydrogens is 962 g/mol. The molecule has 12 rings (SSSR count). The Bertz CT molecular complexity index is 3870. The predicted octanol–water partition coefficient (Wildman–Crippen LogP) is 15.6. The minimum absolute atomic E-state index is 0.0350. The van der Waals surface area contributed by atoms with Gasteiger partial charge in [0.05, 0.1) is 0 Å². The van der Waals surface area contributed by atoms with Gasteiger partial charge < -0.3 is 40.2 Å². The summed E-state index contributed by atoms with van der Waals surface area (Å²) in [4.78, 5) is 6.48. The number of nitrogens with zero attached hydrogens (tertiary/aromatic N) is 3. The molecule has 2 aliphatic heterocycles. The van der Waals surface area contributed by atoms with Gasteiger partial charge in [0.2, 0.25) is 17.2 Å². The highest BCUT2D eigenvalue weighted by Crippen LogP contribution is 2.59. The fraction of sp³-hybridized carbons (Fsp3) is 0.217. The normalized spacial score (nSPS) is 14.1. The third kappa shape index (κ3) is 7.80. The van der Waals surface area contributed by atoms with Crippen LogP contribution in [0.4, 0.5) is 51.2 Å². The Morgan fingerprint density at radius 2 is 0.923 bits per heavy atom. The second kappa shape index (κ2) is 17.5. The minimum atomic E-state index is -1.03. The monoisotopic (exact) mass is 1030 g/mol. The van der Waals surface area contributed by atoms with Crippen LogP contribution in [0.15, 0.2) is 170 Å². The van der Waals surface area contributed by atoms with Crippen LogP contribution in [0.2, 0.25) is 0 Å². The van der Waals surface area contributed by atoms with Gasteiger partial charge in [-0.05, 0) is 149 Å². The first-order chi connectivity index (χ1) is 36.9. The number of fused-ring (bicyclic) bond motifs is 7. The molecule has 390 valence electrons. The number of hydrogen-bond acceptors (Lipinski definition) is 8. The van der Waals surface area contributed by atoms with Gasteiger partial charge in [-0.3, -0.25) is 0 Å². The standard InChI is InChI=1S/C69H66BN3O5/c1-66(2,3)42-23-28-46(29-24-42)72-55-34-25-43(67(4,5)6)35-54(55)70-53-33-31-48(71(60-61(74)63(76)65(78)64(77)62(60)75)45-26-21-41(22-27-45)40-17-13-12-14-18-40)39-56(53)73(58-37-44(68(7,8)9)36-57(72)59(58)70)47-30-32-52-50(38-47)49-19-15-16-20-51(49)69(52,10)11/h12-39,74-78H,1-11H3. The van der Waals surface area contributed by atoms with Crippen LogP contribution in [0, 0.1) is 0 Å². The van der Waals surface area contributed by atoms with Gasteiger partial charge in [0, 0.05) is 50.9 Å². The molecule has 0 aromatic heterocycles. The first kappa shape index (κ1) is 50.3. The zero-order valence-corrected chi connectivity index (χ0v) is 46.3. The lowest BCUT2D eigenvalue weighted by molar-refractivity contribution is 0.329. The van der Waals surface area contributed by atoms with E-state index in [0.29, 0.717) is 11.4 Å². The molecule has 78 heavy (non-hydrogen) atoms. The van der Waals surface area contributed by atoms with Crippen molar-refractivity contribution in [3.05, 3.63) is 198 Å². The maximum atomic E-state index is 11.9. The molecule has 9 aromatic carbocycles. The van der Waals surface area contributed by atoms with E-state index in [4.69, 9.17) is 0 Å². The molecule has 0 spiro atoms. The summed E-state index contributed by atoms with van der Waals surface area (Å²) in [6, 6.07) is 60.3. The number of aromatic hydroxyl groups is 5. The van der Waals surface area contributed by atoms with Crippen molar-refractivity contribution < 1.29 is 25.5 Å². The summed E-state index contributed by atoms with van der Waals surface area (Å²) in [6.07, 6.45) is 0. The second-order valence-electron chi connectivity index (χ2n) is 25.1. The SMILES string of the molecule is CC(C)(C)c1ccc(N2c3ccc(C(C)(C)C)cc3B3c4ccc(N(c5ccc(-c6ccccc6)cc5)c5c(O)c(O)c(O)c(O)c5O)cc4N(c4ccc5c(c4)-c4ccccc4C5(C)C)c4cc(C(C)(C)C)cc2c43)cc1. The highest BCUT2D eigenvalue weighted by atomic mass is 16.4. The number of benzene rings is 9. The molecule has 1 aliphatic carbocycles. The largest absolute Gasteiger partial charge is 0.503 e. The van der Waals surface area contributed by atoms with E-state index in [9.17, 15) is 25.5 Å². The molecule has 0 radical (unpaired) electrons. The van der Waals surface area contributed by atoms with Gasteiger partial charge in [0.15, 0.2) is 11.5 Å².